The van der Waals surface area contributed by atoms with Crippen LogP contribution in [0.15, 0.2) is 33.7 Å². The van der Waals surface area contributed by atoms with Gasteiger partial charge < -0.3 is 4.74 Å². The quantitative estimate of drug-likeness (QED) is 0.823. The Morgan fingerprint density at radius 1 is 1.54 bits per heavy atom. The molecule has 0 amide bonds. The monoisotopic (exact) mass is 308 g/mol. The largest absolute Gasteiger partial charge is 0.487 e. The first-order valence-corrected chi connectivity index (χ1v) is 5.09. The van der Waals surface area contributed by atoms with Crippen molar-refractivity contribution in [1.82, 2.24) is 0 Å². The van der Waals surface area contributed by atoms with Crippen LogP contribution in [0.1, 0.15) is 0 Å². The first kappa shape index (κ1) is 10.7. The maximum atomic E-state index is 12.6. The maximum Gasteiger partial charge on any atom is 0.134 e. The molecule has 0 saturated heterocycles. The molecule has 0 atom stereocenters. The van der Waals surface area contributed by atoms with Crippen molar-refractivity contribution < 1.29 is 9.13 Å². The van der Waals surface area contributed by atoms with Crippen LogP contribution in [-0.2, 0) is 0 Å². The van der Waals surface area contributed by atoms with Gasteiger partial charge in [-0.25, -0.2) is 4.39 Å². The van der Waals surface area contributed by atoms with E-state index in [9.17, 15) is 4.39 Å². The highest BCUT2D eigenvalue weighted by Gasteiger charge is 2.02. The fraction of sp³-hybridized carbons (Fsp3) is 0.111. The Labute approximate surface area is 92.9 Å². The third-order valence-electron chi connectivity index (χ3n) is 1.28. The summed E-state index contributed by atoms with van der Waals surface area (Å²) in [5.74, 6) is 0.305. The Balaban J connectivity index is 2.72. The molecular formula is C9H7Br2FO. The van der Waals surface area contributed by atoms with E-state index in [-0.39, 0.29) is 5.82 Å². The van der Waals surface area contributed by atoms with E-state index in [1.165, 1.54) is 12.1 Å². The summed E-state index contributed by atoms with van der Waals surface area (Å²) in [6.45, 7) is 3.99. The minimum absolute atomic E-state index is 0.295. The van der Waals surface area contributed by atoms with Gasteiger partial charge in [-0.3, -0.25) is 0 Å². The molecule has 0 aliphatic carbocycles. The molecular weight excluding hydrogens is 303 g/mol. The van der Waals surface area contributed by atoms with Crippen LogP contribution in [0, 0.1) is 5.82 Å². The smallest absolute Gasteiger partial charge is 0.134 e. The topological polar surface area (TPSA) is 9.23 Å². The zero-order valence-corrected chi connectivity index (χ0v) is 9.86. The van der Waals surface area contributed by atoms with Gasteiger partial charge in [0.05, 0.1) is 4.47 Å². The maximum absolute atomic E-state index is 12.6. The van der Waals surface area contributed by atoms with E-state index in [4.69, 9.17) is 4.74 Å². The summed E-state index contributed by atoms with van der Waals surface area (Å²) in [6, 6.07) is 4.26. The van der Waals surface area contributed by atoms with Crippen molar-refractivity contribution in [1.29, 1.82) is 0 Å². The van der Waals surface area contributed by atoms with Crippen molar-refractivity contribution in [3.63, 3.8) is 0 Å². The second-order valence-corrected chi connectivity index (χ2v) is 4.36. The van der Waals surface area contributed by atoms with Crippen LogP contribution in [0.25, 0.3) is 0 Å². The molecule has 1 nitrogen and oxygen atoms in total. The second-order valence-electron chi connectivity index (χ2n) is 2.38. The van der Waals surface area contributed by atoms with Gasteiger partial charge >= 0.3 is 0 Å². The summed E-state index contributed by atoms with van der Waals surface area (Å²) in [5.41, 5.74) is 0. The van der Waals surface area contributed by atoms with Gasteiger partial charge in [0.25, 0.3) is 0 Å². The Bertz CT molecular complexity index is 325. The van der Waals surface area contributed by atoms with Crippen LogP contribution >= 0.6 is 31.9 Å². The summed E-state index contributed by atoms with van der Waals surface area (Å²) in [5, 5.41) is 0. The van der Waals surface area contributed by atoms with E-state index in [0.717, 1.165) is 4.48 Å². The van der Waals surface area contributed by atoms with Gasteiger partial charge in [-0.2, -0.15) is 0 Å². The van der Waals surface area contributed by atoms with E-state index in [2.05, 4.69) is 38.4 Å². The van der Waals surface area contributed by atoms with Crippen LogP contribution in [0.3, 0.4) is 0 Å². The van der Waals surface area contributed by atoms with E-state index in [1.807, 2.05) is 0 Å². The van der Waals surface area contributed by atoms with Crippen LogP contribution in [0.5, 0.6) is 5.75 Å². The molecule has 0 fully saturated rings. The lowest BCUT2D eigenvalue weighted by atomic mass is 10.3. The molecule has 0 aliphatic rings. The molecule has 0 heterocycles. The standard InChI is InChI=1S/C9H7Br2FO/c1-6(10)5-13-9-3-2-7(12)4-8(9)11/h2-4H,1,5H2. The fourth-order valence-corrected chi connectivity index (χ4v) is 1.33. The van der Waals surface area contributed by atoms with Gasteiger partial charge in [-0.15, -0.1) is 0 Å². The number of hydrogen-bond acceptors (Lipinski definition) is 1. The fourth-order valence-electron chi connectivity index (χ4n) is 0.748. The highest BCUT2D eigenvalue weighted by molar-refractivity contribution is 9.11. The highest BCUT2D eigenvalue weighted by Crippen LogP contribution is 2.25. The molecule has 13 heavy (non-hydrogen) atoms. The normalized spacial score (nSPS) is 9.77. The summed E-state index contributed by atoms with van der Waals surface area (Å²) in [7, 11) is 0. The number of hydrogen-bond donors (Lipinski definition) is 0. The molecule has 1 aromatic rings. The molecule has 0 unspecified atom stereocenters. The summed E-state index contributed by atoms with van der Waals surface area (Å²) < 4.78 is 19.3. The molecule has 0 bridgehead atoms. The molecule has 4 heteroatoms. The summed E-state index contributed by atoms with van der Waals surface area (Å²) in [6.07, 6.45) is 0. The number of ether oxygens (including phenoxy) is 1. The molecule has 0 aliphatic heterocycles. The van der Waals surface area contributed by atoms with Gasteiger partial charge in [-0.1, -0.05) is 22.5 Å². The van der Waals surface area contributed by atoms with Crippen molar-refractivity contribution >= 4 is 31.9 Å². The van der Waals surface area contributed by atoms with E-state index < -0.39 is 0 Å². The summed E-state index contributed by atoms with van der Waals surface area (Å²) >= 11 is 6.35. The predicted octanol–water partition coefficient (Wildman–Crippen LogP) is 3.88. The second kappa shape index (κ2) is 4.77. The molecule has 1 aromatic carbocycles. The van der Waals surface area contributed by atoms with Crippen molar-refractivity contribution in [3.05, 3.63) is 39.6 Å². The average molecular weight is 310 g/mol. The Morgan fingerprint density at radius 2 is 2.23 bits per heavy atom. The summed E-state index contributed by atoms with van der Waals surface area (Å²) in [4.78, 5) is 0. The Morgan fingerprint density at radius 3 is 2.77 bits per heavy atom. The highest BCUT2D eigenvalue weighted by atomic mass is 79.9. The first-order valence-electron chi connectivity index (χ1n) is 3.50. The van der Waals surface area contributed by atoms with Gasteiger partial charge in [-0.05, 0) is 34.1 Å². The van der Waals surface area contributed by atoms with E-state index in [1.54, 1.807) is 6.07 Å². The van der Waals surface area contributed by atoms with Gasteiger partial charge in [0.2, 0.25) is 0 Å². The zero-order valence-electron chi connectivity index (χ0n) is 6.69. The van der Waals surface area contributed by atoms with Crippen molar-refractivity contribution in [3.8, 4) is 5.75 Å². The lowest BCUT2D eigenvalue weighted by molar-refractivity contribution is 0.358. The molecule has 0 N–H and O–H groups in total. The minimum atomic E-state index is -0.295. The van der Waals surface area contributed by atoms with E-state index in [0.29, 0.717) is 16.8 Å². The molecule has 0 spiro atoms. The van der Waals surface area contributed by atoms with Gasteiger partial charge in [0.1, 0.15) is 18.2 Å². The van der Waals surface area contributed by atoms with Crippen molar-refractivity contribution in [2.75, 3.05) is 6.61 Å². The lowest BCUT2D eigenvalue weighted by Crippen LogP contribution is -1.96. The number of halogens is 3. The lowest BCUT2D eigenvalue weighted by Gasteiger charge is -2.06. The molecule has 0 radical (unpaired) electrons. The minimum Gasteiger partial charge on any atom is -0.487 e. The third-order valence-corrected chi connectivity index (χ3v) is 2.13. The SMILES string of the molecule is C=C(Br)COc1ccc(F)cc1Br. The molecule has 0 aromatic heterocycles. The first-order chi connectivity index (χ1) is 6.09. The van der Waals surface area contributed by atoms with Crippen LogP contribution in [-0.4, -0.2) is 6.61 Å². The molecule has 70 valence electrons. The van der Waals surface area contributed by atoms with E-state index >= 15 is 0 Å². The number of rotatable bonds is 3. The Hall–Kier alpha value is -0.350. The zero-order chi connectivity index (χ0) is 9.84. The molecule has 0 saturated carbocycles. The Kier molecular flexibility index (Phi) is 3.93. The van der Waals surface area contributed by atoms with Gasteiger partial charge in [0, 0.05) is 4.48 Å². The average Bonchev–Trinajstić information content (AvgIpc) is 2.02. The predicted molar refractivity (Wildman–Crippen MR) is 57.7 cm³/mol. The van der Waals surface area contributed by atoms with Crippen LogP contribution < -0.4 is 4.74 Å². The van der Waals surface area contributed by atoms with Crippen LogP contribution in [0.2, 0.25) is 0 Å². The van der Waals surface area contributed by atoms with Gasteiger partial charge in [0.15, 0.2) is 0 Å². The third kappa shape index (κ3) is 3.48. The van der Waals surface area contributed by atoms with Crippen molar-refractivity contribution in [2.45, 2.75) is 0 Å². The molecule has 1 rings (SSSR count). The van der Waals surface area contributed by atoms with Crippen LogP contribution in [0.4, 0.5) is 4.39 Å². The van der Waals surface area contributed by atoms with Crippen molar-refractivity contribution in [2.24, 2.45) is 0 Å². The number of benzene rings is 1.